The molecular formula is C14H17ClINO2. The van der Waals surface area contributed by atoms with E-state index < -0.39 is 5.60 Å². The number of ether oxygens (including phenoxy) is 1. The lowest BCUT2D eigenvalue weighted by atomic mass is 10.2. The van der Waals surface area contributed by atoms with Gasteiger partial charge in [-0.2, -0.15) is 0 Å². The summed E-state index contributed by atoms with van der Waals surface area (Å²) in [6.07, 6.45) is 1.32. The molecule has 0 heterocycles. The molecule has 1 rings (SSSR count). The van der Waals surface area contributed by atoms with E-state index >= 15 is 0 Å². The number of benzene rings is 1. The van der Waals surface area contributed by atoms with E-state index in [2.05, 4.69) is 22.6 Å². The van der Waals surface area contributed by atoms with Gasteiger partial charge in [0.15, 0.2) is 0 Å². The van der Waals surface area contributed by atoms with Crippen LogP contribution in [-0.4, -0.2) is 18.2 Å². The van der Waals surface area contributed by atoms with Crippen molar-refractivity contribution in [1.82, 2.24) is 0 Å². The number of nitrogens with zero attached hydrogens (tertiary/aromatic N) is 1. The fourth-order valence-corrected chi connectivity index (χ4v) is 2.16. The van der Waals surface area contributed by atoms with E-state index in [4.69, 9.17) is 16.3 Å². The summed E-state index contributed by atoms with van der Waals surface area (Å²) in [5.41, 5.74) is 1.68. The minimum Gasteiger partial charge on any atom is -0.443 e. The Bertz CT molecular complexity index is 469. The fourth-order valence-electron chi connectivity index (χ4n) is 1.40. The molecule has 0 radical (unpaired) electrons. The first-order chi connectivity index (χ1) is 8.85. The molecule has 19 heavy (non-hydrogen) atoms. The molecule has 0 saturated carbocycles. The highest BCUT2D eigenvalue weighted by molar-refractivity contribution is 14.1. The van der Waals surface area contributed by atoms with E-state index in [9.17, 15) is 4.79 Å². The van der Waals surface area contributed by atoms with Crippen LogP contribution in [0, 0.1) is 3.57 Å². The number of halogens is 2. The highest BCUT2D eigenvalue weighted by atomic mass is 127. The summed E-state index contributed by atoms with van der Waals surface area (Å²) in [5, 5.41) is 0. The van der Waals surface area contributed by atoms with Crippen LogP contribution in [0.3, 0.4) is 0 Å². The third kappa shape index (κ3) is 5.40. The first-order valence-corrected chi connectivity index (χ1v) is 7.37. The van der Waals surface area contributed by atoms with Gasteiger partial charge in [0.1, 0.15) is 5.60 Å². The Balaban J connectivity index is 3.02. The van der Waals surface area contributed by atoms with Crippen LogP contribution in [0.2, 0.25) is 0 Å². The van der Waals surface area contributed by atoms with Gasteiger partial charge in [-0.05, 0) is 55.5 Å². The van der Waals surface area contributed by atoms with Crippen LogP contribution in [0.25, 0.3) is 0 Å². The molecule has 1 aromatic carbocycles. The zero-order valence-corrected chi connectivity index (χ0v) is 14.1. The van der Waals surface area contributed by atoms with Gasteiger partial charge in [-0.3, -0.25) is 4.90 Å². The molecule has 3 nitrogen and oxygen atoms in total. The average Bonchev–Trinajstić information content (AvgIpc) is 2.29. The summed E-state index contributed by atoms with van der Waals surface area (Å²) in [5.74, 6) is 0. The molecule has 0 aliphatic rings. The Labute approximate surface area is 132 Å². The van der Waals surface area contributed by atoms with Crippen LogP contribution in [-0.2, 0) is 4.74 Å². The van der Waals surface area contributed by atoms with E-state index in [-0.39, 0.29) is 6.09 Å². The number of para-hydroxylation sites is 1. The van der Waals surface area contributed by atoms with Crippen molar-refractivity contribution < 1.29 is 9.53 Å². The van der Waals surface area contributed by atoms with Crippen molar-refractivity contribution in [1.29, 1.82) is 0 Å². The third-order valence-corrected chi connectivity index (χ3v) is 3.22. The fraction of sp³-hybridized carbons (Fsp3) is 0.357. The zero-order valence-electron chi connectivity index (χ0n) is 11.2. The molecule has 0 aromatic heterocycles. The first kappa shape index (κ1) is 16.3. The van der Waals surface area contributed by atoms with E-state index in [1.54, 1.807) is 11.0 Å². The Morgan fingerprint density at radius 1 is 1.42 bits per heavy atom. The lowest BCUT2D eigenvalue weighted by Gasteiger charge is -2.27. The number of carbonyl (C=O) groups is 1. The maximum Gasteiger partial charge on any atom is 0.415 e. The minimum atomic E-state index is -0.528. The number of rotatable bonds is 3. The first-order valence-electron chi connectivity index (χ1n) is 5.85. The summed E-state index contributed by atoms with van der Waals surface area (Å²) < 4.78 is 6.39. The lowest BCUT2D eigenvalue weighted by molar-refractivity contribution is 0.0584. The second-order valence-corrected chi connectivity index (χ2v) is 6.32. The van der Waals surface area contributed by atoms with Gasteiger partial charge in [0.25, 0.3) is 0 Å². The van der Waals surface area contributed by atoms with Gasteiger partial charge < -0.3 is 4.74 Å². The molecule has 0 fully saturated rings. The number of anilines is 1. The minimum absolute atomic E-state index is 0.373. The van der Waals surface area contributed by atoms with Gasteiger partial charge in [0, 0.05) is 15.7 Å². The number of hydrogen-bond acceptors (Lipinski definition) is 2. The Morgan fingerprint density at radius 3 is 2.58 bits per heavy atom. The number of hydrogen-bond donors (Lipinski definition) is 0. The molecule has 0 atom stereocenters. The van der Waals surface area contributed by atoms with Crippen molar-refractivity contribution in [2.24, 2.45) is 0 Å². The zero-order chi connectivity index (χ0) is 14.5. The predicted octanol–water partition coefficient (Wildman–Crippen LogP) is 4.79. The van der Waals surface area contributed by atoms with E-state index in [1.807, 2.05) is 45.0 Å². The highest BCUT2D eigenvalue weighted by Gasteiger charge is 2.23. The SMILES string of the molecule is CC(C)(C)OC(=O)N(CC=CCl)c1ccccc1I. The highest BCUT2D eigenvalue weighted by Crippen LogP contribution is 2.24. The molecule has 0 aliphatic carbocycles. The van der Waals surface area contributed by atoms with Gasteiger partial charge in [0.2, 0.25) is 0 Å². The normalized spacial score (nSPS) is 11.6. The Morgan fingerprint density at radius 2 is 2.05 bits per heavy atom. The van der Waals surface area contributed by atoms with Gasteiger partial charge in [0.05, 0.1) is 5.69 Å². The predicted molar refractivity (Wildman–Crippen MR) is 87.7 cm³/mol. The monoisotopic (exact) mass is 393 g/mol. The summed E-state index contributed by atoms with van der Waals surface area (Å²) in [4.78, 5) is 13.8. The van der Waals surface area contributed by atoms with E-state index in [1.165, 1.54) is 5.54 Å². The van der Waals surface area contributed by atoms with Gasteiger partial charge in [-0.25, -0.2) is 4.79 Å². The average molecular weight is 394 g/mol. The van der Waals surface area contributed by atoms with Crippen LogP contribution < -0.4 is 4.90 Å². The van der Waals surface area contributed by atoms with Crippen LogP contribution in [0.15, 0.2) is 35.9 Å². The van der Waals surface area contributed by atoms with Crippen LogP contribution >= 0.6 is 34.2 Å². The molecule has 5 heteroatoms. The van der Waals surface area contributed by atoms with Crippen molar-refractivity contribution >= 4 is 46.0 Å². The smallest absolute Gasteiger partial charge is 0.415 e. The van der Waals surface area contributed by atoms with Crippen molar-refractivity contribution in [2.75, 3.05) is 11.4 Å². The summed E-state index contributed by atoms with van der Waals surface area (Å²) in [7, 11) is 0. The second kappa shape index (κ2) is 7.14. The molecule has 0 spiro atoms. The maximum absolute atomic E-state index is 12.2. The standard InChI is InChI=1S/C14H17ClINO2/c1-14(2,3)19-13(18)17(10-6-9-15)12-8-5-4-7-11(12)16/h4-9H,10H2,1-3H3. The van der Waals surface area contributed by atoms with Crippen molar-refractivity contribution in [3.63, 3.8) is 0 Å². The molecule has 0 saturated heterocycles. The molecule has 0 aliphatic heterocycles. The number of amides is 1. The van der Waals surface area contributed by atoms with Gasteiger partial charge >= 0.3 is 6.09 Å². The molecule has 1 amide bonds. The topological polar surface area (TPSA) is 29.5 Å². The summed E-state index contributed by atoms with van der Waals surface area (Å²) in [6, 6.07) is 7.64. The van der Waals surface area contributed by atoms with Crippen LogP contribution in [0.5, 0.6) is 0 Å². The Hall–Kier alpha value is -0.750. The van der Waals surface area contributed by atoms with Crippen molar-refractivity contribution in [2.45, 2.75) is 26.4 Å². The molecular weight excluding hydrogens is 377 g/mol. The second-order valence-electron chi connectivity index (χ2n) is 4.90. The third-order valence-electron chi connectivity index (χ3n) is 2.13. The molecule has 104 valence electrons. The van der Waals surface area contributed by atoms with Crippen molar-refractivity contribution in [3.8, 4) is 0 Å². The molecule has 0 N–H and O–H groups in total. The quantitative estimate of drug-likeness (QED) is 0.691. The van der Waals surface area contributed by atoms with Gasteiger partial charge in [-0.15, -0.1) is 0 Å². The van der Waals surface area contributed by atoms with Crippen molar-refractivity contribution in [3.05, 3.63) is 39.4 Å². The van der Waals surface area contributed by atoms with Gasteiger partial charge in [-0.1, -0.05) is 29.8 Å². The summed E-state index contributed by atoms with van der Waals surface area (Å²) >= 11 is 7.74. The van der Waals surface area contributed by atoms with E-state index in [0.717, 1.165) is 9.26 Å². The lowest BCUT2D eigenvalue weighted by Crippen LogP contribution is -2.37. The number of carbonyl (C=O) groups excluding carboxylic acids is 1. The maximum atomic E-state index is 12.2. The van der Waals surface area contributed by atoms with Crippen LogP contribution in [0.4, 0.5) is 10.5 Å². The van der Waals surface area contributed by atoms with E-state index in [0.29, 0.717) is 6.54 Å². The molecule has 0 unspecified atom stereocenters. The van der Waals surface area contributed by atoms with Crippen LogP contribution in [0.1, 0.15) is 20.8 Å². The largest absolute Gasteiger partial charge is 0.443 e. The summed E-state index contributed by atoms with van der Waals surface area (Å²) in [6.45, 7) is 5.90. The molecule has 1 aromatic rings. The Kier molecular flexibility index (Phi) is 6.13. The molecule has 0 bridgehead atoms.